The van der Waals surface area contributed by atoms with E-state index in [2.05, 4.69) is 24.9 Å². The molecular formula is C22H22N6O2S. The van der Waals surface area contributed by atoms with Gasteiger partial charge in [-0.2, -0.15) is 10.2 Å². The first-order valence-electron chi connectivity index (χ1n) is 9.94. The number of aryl methyl sites for hydroxylation is 1. The number of sulfonamides is 1. The summed E-state index contributed by atoms with van der Waals surface area (Å²) < 4.78 is 27.8. The lowest BCUT2D eigenvalue weighted by molar-refractivity contribution is 0.601. The zero-order valence-corrected chi connectivity index (χ0v) is 17.9. The molecule has 0 amide bonds. The molecule has 0 spiro atoms. The zero-order valence-electron chi connectivity index (χ0n) is 17.0. The highest BCUT2D eigenvalue weighted by molar-refractivity contribution is 7.92. The molecule has 9 heteroatoms. The van der Waals surface area contributed by atoms with E-state index in [4.69, 9.17) is 5.26 Å². The maximum absolute atomic E-state index is 12.7. The molecule has 0 radical (unpaired) electrons. The van der Waals surface area contributed by atoms with E-state index in [1.165, 1.54) is 25.0 Å². The van der Waals surface area contributed by atoms with Crippen LogP contribution in [-0.2, 0) is 10.0 Å². The molecule has 2 aromatic carbocycles. The summed E-state index contributed by atoms with van der Waals surface area (Å²) >= 11 is 0. The van der Waals surface area contributed by atoms with Crippen LogP contribution in [0.15, 0.2) is 59.5 Å². The molecule has 0 saturated carbocycles. The number of hydrogen-bond acceptors (Lipinski definition) is 7. The molecule has 1 saturated heterocycles. The van der Waals surface area contributed by atoms with Crippen LogP contribution in [0.5, 0.6) is 0 Å². The van der Waals surface area contributed by atoms with Crippen LogP contribution >= 0.6 is 0 Å². The quantitative estimate of drug-likeness (QED) is 0.607. The number of rotatable bonds is 6. The maximum Gasteiger partial charge on any atom is 0.263 e. The van der Waals surface area contributed by atoms with E-state index in [-0.39, 0.29) is 10.5 Å². The summed E-state index contributed by atoms with van der Waals surface area (Å²) in [5, 5.41) is 12.3. The summed E-state index contributed by atoms with van der Waals surface area (Å²) in [6, 6.07) is 16.8. The van der Waals surface area contributed by atoms with E-state index < -0.39 is 10.0 Å². The molecule has 1 aliphatic rings. The van der Waals surface area contributed by atoms with Gasteiger partial charge in [0.15, 0.2) is 0 Å². The van der Waals surface area contributed by atoms with E-state index >= 15 is 0 Å². The van der Waals surface area contributed by atoms with Gasteiger partial charge >= 0.3 is 0 Å². The van der Waals surface area contributed by atoms with Gasteiger partial charge in [0.25, 0.3) is 10.0 Å². The number of nitriles is 1. The summed E-state index contributed by atoms with van der Waals surface area (Å²) in [4.78, 5) is 11.3. The van der Waals surface area contributed by atoms with Crippen molar-refractivity contribution in [1.82, 2.24) is 9.97 Å². The van der Waals surface area contributed by atoms with Crippen LogP contribution in [0.4, 0.5) is 23.1 Å². The molecule has 2 N–H and O–H groups in total. The predicted octanol–water partition coefficient (Wildman–Crippen LogP) is 3.80. The van der Waals surface area contributed by atoms with Crippen molar-refractivity contribution >= 4 is 33.2 Å². The van der Waals surface area contributed by atoms with E-state index in [9.17, 15) is 8.42 Å². The Kier molecular flexibility index (Phi) is 5.73. The number of nitrogens with zero attached hydrogens (tertiary/aromatic N) is 4. The highest BCUT2D eigenvalue weighted by Crippen LogP contribution is 2.24. The molecule has 8 nitrogen and oxygen atoms in total. The first-order valence-corrected chi connectivity index (χ1v) is 11.4. The number of aromatic nitrogens is 2. The summed E-state index contributed by atoms with van der Waals surface area (Å²) in [7, 11) is -3.87. The van der Waals surface area contributed by atoms with Crippen molar-refractivity contribution < 1.29 is 8.42 Å². The Hall–Kier alpha value is -3.64. The maximum atomic E-state index is 12.7. The van der Waals surface area contributed by atoms with Crippen LogP contribution in [-0.4, -0.2) is 31.5 Å². The number of nitrogens with one attached hydrogen (secondary N) is 2. The average Bonchev–Trinajstić information content (AvgIpc) is 3.30. The third-order valence-corrected chi connectivity index (χ3v) is 6.40. The molecule has 158 valence electrons. The Morgan fingerprint density at radius 2 is 1.68 bits per heavy atom. The second kappa shape index (κ2) is 8.62. The molecule has 1 fully saturated rings. The van der Waals surface area contributed by atoms with Crippen LogP contribution in [0.1, 0.15) is 24.1 Å². The second-order valence-corrected chi connectivity index (χ2v) is 8.95. The molecule has 2 heterocycles. The highest BCUT2D eigenvalue weighted by Gasteiger charge is 2.18. The highest BCUT2D eigenvalue weighted by atomic mass is 32.2. The van der Waals surface area contributed by atoms with Gasteiger partial charge in [-0.15, -0.1) is 0 Å². The van der Waals surface area contributed by atoms with Crippen molar-refractivity contribution in [3.63, 3.8) is 0 Å². The van der Waals surface area contributed by atoms with Crippen molar-refractivity contribution in [3.05, 3.63) is 65.9 Å². The molecule has 3 aromatic rings. The monoisotopic (exact) mass is 434 g/mol. The number of anilines is 4. The van der Waals surface area contributed by atoms with Crippen molar-refractivity contribution in [2.75, 3.05) is 28.0 Å². The molecule has 1 aromatic heterocycles. The van der Waals surface area contributed by atoms with Crippen molar-refractivity contribution in [2.24, 2.45) is 0 Å². The Morgan fingerprint density at radius 3 is 2.39 bits per heavy atom. The minimum absolute atomic E-state index is 0.0534. The lowest BCUT2D eigenvalue weighted by atomic mass is 10.2. The molecule has 1 aliphatic heterocycles. The lowest BCUT2D eigenvalue weighted by Crippen LogP contribution is -2.19. The zero-order chi connectivity index (χ0) is 21.8. The van der Waals surface area contributed by atoms with Gasteiger partial charge in [0.1, 0.15) is 16.8 Å². The van der Waals surface area contributed by atoms with Crippen LogP contribution < -0.4 is 14.9 Å². The van der Waals surface area contributed by atoms with Gasteiger partial charge in [-0.05, 0) is 56.2 Å². The minimum atomic E-state index is -3.87. The smallest absolute Gasteiger partial charge is 0.263 e. The van der Waals surface area contributed by atoms with Gasteiger partial charge in [0.2, 0.25) is 5.95 Å². The van der Waals surface area contributed by atoms with Gasteiger partial charge in [0.05, 0.1) is 5.56 Å². The van der Waals surface area contributed by atoms with E-state index in [0.717, 1.165) is 30.3 Å². The fourth-order valence-corrected chi connectivity index (χ4v) is 4.69. The first kappa shape index (κ1) is 20.6. The molecule has 31 heavy (non-hydrogen) atoms. The minimum Gasteiger partial charge on any atom is -0.356 e. The Labute approximate surface area is 181 Å². The lowest BCUT2D eigenvalue weighted by Gasteiger charge is -2.17. The summed E-state index contributed by atoms with van der Waals surface area (Å²) in [5.41, 5.74) is 2.10. The van der Waals surface area contributed by atoms with Crippen LogP contribution in [0.25, 0.3) is 0 Å². The topological polar surface area (TPSA) is 111 Å². The SMILES string of the molecule is Cc1cc(N2CCCC2)nc(Nc2ccc(NS(=O)(=O)c3ccccc3C#N)cc2)n1. The third kappa shape index (κ3) is 4.75. The fraction of sp³-hybridized carbons (Fsp3) is 0.227. The van der Waals surface area contributed by atoms with E-state index in [1.54, 1.807) is 36.4 Å². The van der Waals surface area contributed by atoms with Crippen molar-refractivity contribution in [2.45, 2.75) is 24.7 Å². The average molecular weight is 435 g/mol. The Balaban J connectivity index is 1.49. The summed E-state index contributed by atoms with van der Waals surface area (Å²) in [6.45, 7) is 3.93. The fourth-order valence-electron chi connectivity index (χ4n) is 3.47. The predicted molar refractivity (Wildman–Crippen MR) is 120 cm³/mol. The molecule has 4 rings (SSSR count). The standard InChI is InChI=1S/C22H22N6O2S/c1-16-14-21(28-12-4-5-13-28)26-22(24-16)25-18-8-10-19(11-9-18)27-31(29,30)20-7-3-2-6-17(20)15-23/h2-3,6-11,14,27H,4-5,12-13H2,1H3,(H,24,25,26). The second-order valence-electron chi connectivity index (χ2n) is 7.30. The number of hydrogen-bond donors (Lipinski definition) is 2. The summed E-state index contributed by atoms with van der Waals surface area (Å²) in [5.74, 6) is 1.41. The molecule has 0 atom stereocenters. The molecule has 0 aliphatic carbocycles. The van der Waals surface area contributed by atoms with Gasteiger partial charge in [-0.1, -0.05) is 12.1 Å². The van der Waals surface area contributed by atoms with Crippen LogP contribution in [0.3, 0.4) is 0 Å². The van der Waals surface area contributed by atoms with Gasteiger partial charge in [0, 0.05) is 36.2 Å². The van der Waals surface area contributed by atoms with Gasteiger partial charge < -0.3 is 10.2 Å². The largest absolute Gasteiger partial charge is 0.356 e. The van der Waals surface area contributed by atoms with Crippen molar-refractivity contribution in [3.8, 4) is 6.07 Å². The van der Waals surface area contributed by atoms with Crippen molar-refractivity contribution in [1.29, 1.82) is 5.26 Å². The van der Waals surface area contributed by atoms with Crippen LogP contribution in [0.2, 0.25) is 0 Å². The van der Waals surface area contributed by atoms with E-state index in [0.29, 0.717) is 11.6 Å². The normalized spacial score (nSPS) is 13.6. The first-order chi connectivity index (χ1) is 14.9. The molecule has 0 bridgehead atoms. The van der Waals surface area contributed by atoms with Gasteiger partial charge in [-0.25, -0.2) is 13.4 Å². The summed E-state index contributed by atoms with van der Waals surface area (Å²) in [6.07, 6.45) is 2.34. The van der Waals surface area contributed by atoms with Gasteiger partial charge in [-0.3, -0.25) is 4.72 Å². The number of benzene rings is 2. The van der Waals surface area contributed by atoms with Crippen LogP contribution in [0, 0.1) is 18.3 Å². The Bertz CT molecular complexity index is 1230. The third-order valence-electron chi connectivity index (χ3n) is 4.96. The van der Waals surface area contributed by atoms with E-state index in [1.807, 2.05) is 19.1 Å². The Morgan fingerprint density at radius 1 is 1.00 bits per heavy atom. The molecule has 0 unspecified atom stereocenters. The molecular weight excluding hydrogens is 412 g/mol.